The molecule has 3 nitrogen and oxygen atoms in total. The van der Waals surface area contributed by atoms with Crippen molar-refractivity contribution in [3.05, 3.63) is 0 Å². The van der Waals surface area contributed by atoms with Crippen LogP contribution in [0.5, 0.6) is 0 Å². The highest BCUT2D eigenvalue weighted by molar-refractivity contribution is 4.98. The van der Waals surface area contributed by atoms with Crippen molar-refractivity contribution in [1.82, 2.24) is 10.2 Å². The van der Waals surface area contributed by atoms with Crippen LogP contribution in [0.15, 0.2) is 0 Å². The Labute approximate surface area is 118 Å². The van der Waals surface area contributed by atoms with Crippen molar-refractivity contribution in [2.75, 3.05) is 26.2 Å². The maximum Gasteiger partial charge on any atom is 0.0589 e. The van der Waals surface area contributed by atoms with Gasteiger partial charge < -0.3 is 10.4 Å². The van der Waals surface area contributed by atoms with Crippen LogP contribution >= 0.6 is 0 Å². The van der Waals surface area contributed by atoms with Crippen LogP contribution in [0.1, 0.15) is 47.0 Å². The molecule has 4 atom stereocenters. The first-order valence-corrected chi connectivity index (χ1v) is 8.08. The van der Waals surface area contributed by atoms with Crippen LogP contribution in [-0.4, -0.2) is 48.3 Å². The van der Waals surface area contributed by atoms with Gasteiger partial charge in [0.2, 0.25) is 0 Å². The molecule has 19 heavy (non-hydrogen) atoms. The first-order chi connectivity index (χ1) is 8.99. The van der Waals surface area contributed by atoms with Crippen LogP contribution in [0.25, 0.3) is 0 Å². The van der Waals surface area contributed by atoms with Crippen molar-refractivity contribution in [2.45, 2.75) is 59.0 Å². The summed E-state index contributed by atoms with van der Waals surface area (Å²) in [4.78, 5) is 2.54. The molecule has 0 bridgehead atoms. The van der Waals surface area contributed by atoms with Crippen LogP contribution in [0, 0.1) is 17.3 Å². The van der Waals surface area contributed by atoms with E-state index in [9.17, 15) is 5.11 Å². The van der Waals surface area contributed by atoms with Gasteiger partial charge in [0.1, 0.15) is 0 Å². The topological polar surface area (TPSA) is 35.5 Å². The first kappa shape index (κ1) is 15.3. The molecule has 0 aromatic rings. The zero-order valence-corrected chi connectivity index (χ0v) is 13.2. The molecule has 1 saturated heterocycles. The largest absolute Gasteiger partial charge is 0.395 e. The molecular weight excluding hydrogens is 236 g/mol. The molecule has 2 aliphatic rings. The maximum atomic E-state index is 9.60. The average molecular weight is 268 g/mol. The van der Waals surface area contributed by atoms with Gasteiger partial charge in [-0.05, 0) is 49.6 Å². The van der Waals surface area contributed by atoms with Gasteiger partial charge in [0.05, 0.1) is 6.61 Å². The summed E-state index contributed by atoms with van der Waals surface area (Å²) in [7, 11) is 0. The van der Waals surface area contributed by atoms with Crippen molar-refractivity contribution < 1.29 is 5.11 Å². The Kier molecular flexibility index (Phi) is 4.91. The van der Waals surface area contributed by atoms with Gasteiger partial charge in [-0.3, -0.25) is 4.90 Å². The Morgan fingerprint density at radius 3 is 2.68 bits per heavy atom. The highest BCUT2D eigenvalue weighted by Gasteiger charge is 2.43. The molecule has 0 aromatic heterocycles. The smallest absolute Gasteiger partial charge is 0.0589 e. The van der Waals surface area contributed by atoms with Gasteiger partial charge in [0, 0.05) is 18.6 Å². The van der Waals surface area contributed by atoms with E-state index in [1.54, 1.807) is 0 Å². The number of likely N-dealkylation sites (tertiary alicyclic amines) is 1. The Morgan fingerprint density at radius 2 is 2.05 bits per heavy atom. The lowest BCUT2D eigenvalue weighted by atomic mass is 9.84. The summed E-state index contributed by atoms with van der Waals surface area (Å²) in [6.07, 6.45) is 3.89. The van der Waals surface area contributed by atoms with E-state index in [1.807, 2.05) is 0 Å². The molecule has 0 aromatic carbocycles. The standard InChI is InChI=1S/C16H32N2O/c1-5-17-15-13(6-8-16(15,3)4)10-18-9-7-12(2)14(18)11-19/h12-15,17,19H,5-11H2,1-4H3. The molecular formula is C16H32N2O. The molecule has 0 spiro atoms. The molecule has 2 fully saturated rings. The quantitative estimate of drug-likeness (QED) is 0.801. The molecule has 2 N–H and O–H groups in total. The zero-order valence-electron chi connectivity index (χ0n) is 13.2. The fourth-order valence-corrected chi connectivity index (χ4v) is 4.29. The molecule has 2 rings (SSSR count). The molecule has 3 heteroatoms. The Morgan fingerprint density at radius 1 is 1.32 bits per heavy atom. The average Bonchev–Trinajstić information content (AvgIpc) is 2.84. The van der Waals surface area contributed by atoms with Crippen molar-refractivity contribution in [3.8, 4) is 0 Å². The van der Waals surface area contributed by atoms with Gasteiger partial charge in [0.15, 0.2) is 0 Å². The van der Waals surface area contributed by atoms with Gasteiger partial charge in [-0.25, -0.2) is 0 Å². The van der Waals surface area contributed by atoms with E-state index in [-0.39, 0.29) is 0 Å². The fourth-order valence-electron chi connectivity index (χ4n) is 4.29. The van der Waals surface area contributed by atoms with E-state index >= 15 is 0 Å². The van der Waals surface area contributed by atoms with E-state index in [4.69, 9.17) is 0 Å². The lowest BCUT2D eigenvalue weighted by molar-refractivity contribution is 0.114. The second-order valence-electron chi connectivity index (χ2n) is 7.33. The molecule has 1 aliphatic heterocycles. The summed E-state index contributed by atoms with van der Waals surface area (Å²) in [6, 6.07) is 1.03. The minimum Gasteiger partial charge on any atom is -0.395 e. The minimum absolute atomic E-state index is 0.323. The van der Waals surface area contributed by atoms with Gasteiger partial charge >= 0.3 is 0 Å². The van der Waals surface area contributed by atoms with Crippen LogP contribution in [-0.2, 0) is 0 Å². The van der Waals surface area contributed by atoms with Crippen molar-refractivity contribution in [2.24, 2.45) is 17.3 Å². The fraction of sp³-hybridized carbons (Fsp3) is 1.00. The number of aliphatic hydroxyl groups excluding tert-OH is 1. The predicted octanol–water partition coefficient (Wildman–Crippen LogP) is 2.10. The third-order valence-electron chi connectivity index (χ3n) is 5.55. The zero-order chi connectivity index (χ0) is 14.0. The van der Waals surface area contributed by atoms with Gasteiger partial charge in [-0.15, -0.1) is 0 Å². The molecule has 0 radical (unpaired) electrons. The molecule has 1 heterocycles. The third-order valence-corrected chi connectivity index (χ3v) is 5.55. The van der Waals surface area contributed by atoms with Crippen LogP contribution in [0.2, 0.25) is 0 Å². The number of hydrogen-bond donors (Lipinski definition) is 2. The lowest BCUT2D eigenvalue weighted by Crippen LogP contribution is -2.47. The summed E-state index contributed by atoms with van der Waals surface area (Å²) in [6.45, 7) is 13.0. The molecule has 1 saturated carbocycles. The van der Waals surface area contributed by atoms with Gasteiger partial charge in [-0.2, -0.15) is 0 Å². The van der Waals surface area contributed by atoms with E-state index in [2.05, 4.69) is 37.9 Å². The van der Waals surface area contributed by atoms with Gasteiger partial charge in [0.25, 0.3) is 0 Å². The summed E-state index contributed by atoms with van der Waals surface area (Å²) in [5.41, 5.74) is 0.417. The SMILES string of the molecule is CCNC1C(CN2CCC(C)C2CO)CCC1(C)C. The van der Waals surface area contributed by atoms with E-state index in [0.29, 0.717) is 30.0 Å². The van der Waals surface area contributed by atoms with Gasteiger partial charge in [-0.1, -0.05) is 27.7 Å². The lowest BCUT2D eigenvalue weighted by Gasteiger charge is -2.35. The number of nitrogens with one attached hydrogen (secondary N) is 1. The third kappa shape index (κ3) is 3.14. The maximum absolute atomic E-state index is 9.60. The number of aliphatic hydroxyl groups is 1. The number of nitrogens with zero attached hydrogens (tertiary/aromatic N) is 1. The summed E-state index contributed by atoms with van der Waals surface area (Å²) >= 11 is 0. The van der Waals surface area contributed by atoms with Crippen LogP contribution in [0.4, 0.5) is 0 Å². The molecule has 0 amide bonds. The van der Waals surface area contributed by atoms with Crippen LogP contribution < -0.4 is 5.32 Å². The normalized spacial score (nSPS) is 39.0. The highest BCUT2D eigenvalue weighted by atomic mass is 16.3. The summed E-state index contributed by atoms with van der Waals surface area (Å²) in [5, 5.41) is 13.3. The van der Waals surface area contributed by atoms with Crippen LogP contribution in [0.3, 0.4) is 0 Å². The van der Waals surface area contributed by atoms with E-state index < -0.39 is 0 Å². The van der Waals surface area contributed by atoms with Crippen molar-refractivity contribution in [1.29, 1.82) is 0 Å². The Bertz CT molecular complexity index is 292. The molecule has 4 unspecified atom stereocenters. The second-order valence-corrected chi connectivity index (χ2v) is 7.33. The number of rotatable bonds is 5. The van der Waals surface area contributed by atoms with Crippen molar-refractivity contribution in [3.63, 3.8) is 0 Å². The minimum atomic E-state index is 0.323. The summed E-state index contributed by atoms with van der Waals surface area (Å²) < 4.78 is 0. The first-order valence-electron chi connectivity index (χ1n) is 8.08. The monoisotopic (exact) mass is 268 g/mol. The van der Waals surface area contributed by atoms with E-state index in [0.717, 1.165) is 19.0 Å². The highest BCUT2D eigenvalue weighted by Crippen LogP contribution is 2.42. The Balaban J connectivity index is 1.98. The summed E-state index contributed by atoms with van der Waals surface area (Å²) in [5.74, 6) is 1.39. The molecule has 1 aliphatic carbocycles. The Hall–Kier alpha value is -0.120. The number of hydrogen-bond acceptors (Lipinski definition) is 3. The van der Waals surface area contributed by atoms with E-state index in [1.165, 1.54) is 25.8 Å². The molecule has 112 valence electrons. The second kappa shape index (κ2) is 6.11. The predicted molar refractivity (Wildman–Crippen MR) is 80.2 cm³/mol. The van der Waals surface area contributed by atoms with Crippen molar-refractivity contribution >= 4 is 0 Å².